The number of ether oxygens (including phenoxy) is 2. The zero-order valence-electron chi connectivity index (χ0n) is 19.4. The molecule has 0 saturated carbocycles. The van der Waals surface area contributed by atoms with Gasteiger partial charge < -0.3 is 9.47 Å². The molecule has 4 rings (SSSR count). The minimum Gasteiger partial charge on any atom is -0.490 e. The Morgan fingerprint density at radius 2 is 1.87 bits per heavy atom. The van der Waals surface area contributed by atoms with Crippen molar-refractivity contribution in [3.63, 3.8) is 0 Å². The van der Waals surface area contributed by atoms with Crippen molar-refractivity contribution in [1.29, 1.82) is 5.41 Å². The number of thioether (sulfide) groups is 1. The minimum atomic E-state index is -4.78. The predicted octanol–water partition coefficient (Wildman–Crippen LogP) is 4.96. The van der Waals surface area contributed by atoms with Gasteiger partial charge >= 0.3 is 6.18 Å². The van der Waals surface area contributed by atoms with Crippen LogP contribution in [0.3, 0.4) is 0 Å². The van der Waals surface area contributed by atoms with Crippen molar-refractivity contribution in [2.75, 3.05) is 13.2 Å². The first-order chi connectivity index (χ1) is 18.1. The number of nitro groups is 1. The normalized spacial score (nSPS) is 16.2. The van der Waals surface area contributed by atoms with Crippen LogP contribution in [-0.4, -0.2) is 51.3 Å². The quantitative estimate of drug-likeness (QED) is 0.155. The number of nitrogens with zero attached hydrogens (tertiary/aromatic N) is 4. The summed E-state index contributed by atoms with van der Waals surface area (Å²) in [5.74, 6) is -0.894. The van der Waals surface area contributed by atoms with E-state index in [1.165, 1.54) is 12.1 Å². The van der Waals surface area contributed by atoms with Gasteiger partial charge in [-0.15, -0.1) is 6.58 Å². The number of hydrogen-bond donors (Lipinski definition) is 1. The molecule has 196 valence electrons. The molecule has 0 aliphatic carbocycles. The number of amides is 1. The van der Waals surface area contributed by atoms with Crippen LogP contribution in [0.1, 0.15) is 11.1 Å². The number of rotatable bonds is 9. The highest BCUT2D eigenvalue weighted by Gasteiger charge is 2.46. The van der Waals surface area contributed by atoms with Crippen molar-refractivity contribution < 1.29 is 32.4 Å². The van der Waals surface area contributed by atoms with E-state index in [-0.39, 0.29) is 42.0 Å². The molecular formula is C24H18F3N5O5S. The number of nitrogens with one attached hydrogen (secondary N) is 1. The number of benzene rings is 2. The van der Waals surface area contributed by atoms with Gasteiger partial charge in [0.05, 0.1) is 10.5 Å². The van der Waals surface area contributed by atoms with Gasteiger partial charge in [0.25, 0.3) is 11.6 Å². The lowest BCUT2D eigenvalue weighted by Crippen LogP contribution is -2.35. The first kappa shape index (κ1) is 26.6. The van der Waals surface area contributed by atoms with E-state index >= 15 is 0 Å². The number of alkyl halides is 3. The third-order valence-electron chi connectivity index (χ3n) is 5.14. The number of fused-ring (bicyclic) bond motifs is 1. The molecule has 2 aliphatic heterocycles. The number of non-ortho nitro benzene ring substituents is 1. The third-order valence-corrected chi connectivity index (χ3v) is 6.09. The van der Waals surface area contributed by atoms with Gasteiger partial charge in [0, 0.05) is 17.7 Å². The van der Waals surface area contributed by atoms with Crippen molar-refractivity contribution in [2.24, 2.45) is 10.1 Å². The summed E-state index contributed by atoms with van der Waals surface area (Å²) in [5.41, 5.74) is 0.229. The Labute approximate surface area is 217 Å². The van der Waals surface area contributed by atoms with Crippen LogP contribution < -0.4 is 9.47 Å². The molecule has 1 N–H and O–H groups in total. The minimum absolute atomic E-state index is 0.0199. The van der Waals surface area contributed by atoms with Crippen LogP contribution in [0, 0.1) is 15.5 Å². The van der Waals surface area contributed by atoms with Gasteiger partial charge in [-0.05, 0) is 42.0 Å². The zero-order chi connectivity index (χ0) is 27.4. The lowest BCUT2D eigenvalue weighted by Gasteiger charge is -2.20. The first-order valence-electron chi connectivity index (χ1n) is 10.9. The molecule has 2 aromatic rings. The molecule has 0 fully saturated rings. The number of para-hydroxylation sites is 1. The second kappa shape index (κ2) is 10.9. The SMILES string of the molecule is C=CCc1ccccc1OCCOc1ccc([N+](=O)[O-])cc1/C=C1/C(=N)N2N=C(C(F)(F)F)SC2=NC1=O. The average molecular weight is 545 g/mol. The molecule has 10 nitrogen and oxygen atoms in total. The Morgan fingerprint density at radius 1 is 1.16 bits per heavy atom. The van der Waals surface area contributed by atoms with Crippen LogP contribution in [0.15, 0.2) is 70.8 Å². The van der Waals surface area contributed by atoms with Gasteiger partial charge in [-0.25, -0.2) is 0 Å². The summed E-state index contributed by atoms with van der Waals surface area (Å²) < 4.78 is 50.7. The van der Waals surface area contributed by atoms with E-state index in [0.29, 0.717) is 17.2 Å². The molecule has 0 atom stereocenters. The molecule has 0 unspecified atom stereocenters. The maximum Gasteiger partial charge on any atom is 0.441 e. The molecule has 2 heterocycles. The summed E-state index contributed by atoms with van der Waals surface area (Å²) in [5, 5.41) is 21.8. The second-order valence-corrected chi connectivity index (χ2v) is 8.66. The number of hydrogen-bond acceptors (Lipinski definition) is 8. The van der Waals surface area contributed by atoms with Crippen LogP contribution in [0.5, 0.6) is 11.5 Å². The number of amidine groups is 2. The number of carbonyl (C=O) groups excluding carboxylic acids is 1. The summed E-state index contributed by atoms with van der Waals surface area (Å²) >= 11 is 0.121. The Morgan fingerprint density at radius 3 is 2.55 bits per heavy atom. The molecule has 2 aliphatic rings. The fourth-order valence-corrected chi connectivity index (χ4v) is 4.19. The highest BCUT2D eigenvalue weighted by atomic mass is 32.2. The van der Waals surface area contributed by atoms with Crippen LogP contribution in [-0.2, 0) is 11.2 Å². The van der Waals surface area contributed by atoms with Crippen molar-refractivity contribution in [1.82, 2.24) is 5.01 Å². The lowest BCUT2D eigenvalue weighted by molar-refractivity contribution is -0.384. The van der Waals surface area contributed by atoms with E-state index in [1.54, 1.807) is 12.1 Å². The first-order valence-corrected chi connectivity index (χ1v) is 11.7. The summed E-state index contributed by atoms with van der Waals surface area (Å²) in [6.07, 6.45) is -1.35. The summed E-state index contributed by atoms with van der Waals surface area (Å²) in [6, 6.07) is 11.0. The van der Waals surface area contributed by atoms with Gasteiger partial charge in [-0.2, -0.15) is 28.3 Å². The van der Waals surface area contributed by atoms with Gasteiger partial charge in [0.15, 0.2) is 5.84 Å². The summed E-state index contributed by atoms with van der Waals surface area (Å²) in [6.45, 7) is 3.85. The fourth-order valence-electron chi connectivity index (χ4n) is 3.43. The van der Waals surface area contributed by atoms with E-state index < -0.39 is 38.6 Å². The summed E-state index contributed by atoms with van der Waals surface area (Å²) in [4.78, 5) is 26.8. The molecule has 0 radical (unpaired) electrons. The molecule has 0 saturated heterocycles. The topological polar surface area (TPSA) is 130 Å². The van der Waals surface area contributed by atoms with Gasteiger partial charge in [-0.1, -0.05) is 24.3 Å². The van der Waals surface area contributed by atoms with Gasteiger partial charge in [0.2, 0.25) is 10.2 Å². The van der Waals surface area contributed by atoms with Crippen LogP contribution in [0.4, 0.5) is 18.9 Å². The summed E-state index contributed by atoms with van der Waals surface area (Å²) in [7, 11) is 0. The van der Waals surface area contributed by atoms with E-state index in [9.17, 15) is 28.1 Å². The third kappa shape index (κ3) is 5.75. The van der Waals surface area contributed by atoms with Crippen LogP contribution in [0.2, 0.25) is 0 Å². The maximum atomic E-state index is 13.1. The Balaban J connectivity index is 1.56. The van der Waals surface area contributed by atoms with Crippen LogP contribution >= 0.6 is 11.8 Å². The van der Waals surface area contributed by atoms with E-state index in [1.807, 2.05) is 18.2 Å². The fraction of sp³-hybridized carbons (Fsp3) is 0.167. The molecule has 0 aromatic heterocycles. The molecule has 0 bridgehead atoms. The monoisotopic (exact) mass is 545 g/mol. The molecule has 2 aromatic carbocycles. The second-order valence-electron chi connectivity index (χ2n) is 7.70. The zero-order valence-corrected chi connectivity index (χ0v) is 20.2. The van der Waals surface area contributed by atoms with Crippen molar-refractivity contribution >= 4 is 45.5 Å². The molecule has 0 spiro atoms. The Kier molecular flexibility index (Phi) is 7.62. The number of nitro benzene ring substituents is 1. The number of halogens is 3. The molecule has 14 heteroatoms. The molecule has 38 heavy (non-hydrogen) atoms. The highest BCUT2D eigenvalue weighted by molar-refractivity contribution is 8.27. The standard InChI is InChI=1S/C24H18F3N5O5S/c1-2-5-14-6-3-4-7-18(14)36-10-11-37-19-9-8-16(32(34)35)12-15(19)13-17-20(28)31-23(29-21(17)33)38-22(30-31)24(25,26)27/h2-4,6-9,12-13,28H,1,5,10-11H2/b17-13-,28-20?. The van der Waals surface area contributed by atoms with E-state index in [0.717, 1.165) is 17.7 Å². The largest absolute Gasteiger partial charge is 0.490 e. The van der Waals surface area contributed by atoms with Crippen molar-refractivity contribution in [2.45, 2.75) is 12.6 Å². The number of carbonyl (C=O) groups is 1. The van der Waals surface area contributed by atoms with E-state index in [4.69, 9.17) is 14.9 Å². The number of hydrazone groups is 1. The number of allylic oxidation sites excluding steroid dienone is 1. The van der Waals surface area contributed by atoms with Crippen LogP contribution in [0.25, 0.3) is 6.08 Å². The highest BCUT2D eigenvalue weighted by Crippen LogP contribution is 2.36. The molecule has 1 amide bonds. The smallest absolute Gasteiger partial charge is 0.441 e. The van der Waals surface area contributed by atoms with E-state index in [2.05, 4.69) is 16.7 Å². The Hall–Kier alpha value is -4.46. The molecular weight excluding hydrogens is 527 g/mol. The number of aliphatic imine (C=N–C) groups is 1. The maximum absolute atomic E-state index is 13.1. The van der Waals surface area contributed by atoms with Gasteiger partial charge in [-0.3, -0.25) is 20.3 Å². The average Bonchev–Trinajstić information content (AvgIpc) is 3.31. The van der Waals surface area contributed by atoms with Gasteiger partial charge in [0.1, 0.15) is 24.7 Å². The van der Waals surface area contributed by atoms with Crippen molar-refractivity contribution in [3.05, 3.63) is 81.9 Å². The predicted molar refractivity (Wildman–Crippen MR) is 135 cm³/mol. The van der Waals surface area contributed by atoms with Crippen molar-refractivity contribution in [3.8, 4) is 11.5 Å². The Bertz CT molecular complexity index is 1420. The lowest BCUT2D eigenvalue weighted by atomic mass is 10.1.